The van der Waals surface area contributed by atoms with Gasteiger partial charge in [0.05, 0.1) is 12.5 Å². The molecule has 1 aromatic heterocycles. The summed E-state index contributed by atoms with van der Waals surface area (Å²) in [7, 11) is 0. The Hall–Kier alpha value is -0.760. The second kappa shape index (κ2) is 3.97. The van der Waals surface area contributed by atoms with Crippen LogP contribution < -0.4 is 5.32 Å². The molecule has 0 radical (unpaired) electrons. The van der Waals surface area contributed by atoms with Crippen molar-refractivity contribution in [1.82, 2.24) is 5.32 Å². The Balaban J connectivity index is 1.88. The monoisotopic (exact) mass is 179 g/mol. The Morgan fingerprint density at radius 3 is 3.00 bits per heavy atom. The Morgan fingerprint density at radius 1 is 1.54 bits per heavy atom. The van der Waals surface area contributed by atoms with Crippen molar-refractivity contribution in [3.8, 4) is 0 Å². The van der Waals surface area contributed by atoms with E-state index < -0.39 is 0 Å². The smallest absolute Gasteiger partial charge is 0.0937 e. The summed E-state index contributed by atoms with van der Waals surface area (Å²) in [6.07, 6.45) is 6.36. The fourth-order valence-corrected chi connectivity index (χ4v) is 2.07. The van der Waals surface area contributed by atoms with Crippen molar-refractivity contribution >= 4 is 0 Å². The SMILES string of the molecule is CCNCC1CCC1c1ccoc1. The van der Waals surface area contributed by atoms with Gasteiger partial charge in [-0.25, -0.2) is 0 Å². The molecule has 1 aliphatic rings. The molecule has 0 aromatic carbocycles. The zero-order valence-corrected chi connectivity index (χ0v) is 8.12. The summed E-state index contributed by atoms with van der Waals surface area (Å²) in [6.45, 7) is 4.40. The van der Waals surface area contributed by atoms with Crippen molar-refractivity contribution in [2.24, 2.45) is 5.92 Å². The van der Waals surface area contributed by atoms with Crippen LogP contribution in [0.3, 0.4) is 0 Å². The van der Waals surface area contributed by atoms with Gasteiger partial charge in [-0.3, -0.25) is 0 Å². The van der Waals surface area contributed by atoms with Crippen LogP contribution in [0.4, 0.5) is 0 Å². The Labute approximate surface area is 79.3 Å². The lowest BCUT2D eigenvalue weighted by atomic mass is 9.70. The molecule has 1 aromatic rings. The van der Waals surface area contributed by atoms with Gasteiger partial charge in [-0.1, -0.05) is 6.92 Å². The maximum absolute atomic E-state index is 5.10. The first-order valence-corrected chi connectivity index (χ1v) is 5.14. The summed E-state index contributed by atoms with van der Waals surface area (Å²) in [5.41, 5.74) is 1.38. The van der Waals surface area contributed by atoms with Crippen molar-refractivity contribution in [2.75, 3.05) is 13.1 Å². The maximum atomic E-state index is 5.10. The molecule has 2 heteroatoms. The van der Waals surface area contributed by atoms with Crippen molar-refractivity contribution in [3.63, 3.8) is 0 Å². The molecule has 2 rings (SSSR count). The Bertz CT molecular complexity index is 243. The minimum atomic E-state index is 0.748. The number of hydrogen-bond donors (Lipinski definition) is 1. The predicted octanol–water partition coefficient (Wildman–Crippen LogP) is 2.38. The van der Waals surface area contributed by atoms with Crippen LogP contribution in [0.1, 0.15) is 31.2 Å². The van der Waals surface area contributed by atoms with E-state index in [1.165, 1.54) is 18.4 Å². The molecule has 1 aliphatic carbocycles. The summed E-state index contributed by atoms with van der Waals surface area (Å²) in [6, 6.07) is 2.10. The molecule has 13 heavy (non-hydrogen) atoms. The van der Waals surface area contributed by atoms with Crippen LogP contribution in [-0.4, -0.2) is 13.1 Å². The molecule has 1 N–H and O–H groups in total. The highest BCUT2D eigenvalue weighted by atomic mass is 16.3. The molecule has 1 saturated carbocycles. The van der Waals surface area contributed by atoms with Gasteiger partial charge in [0.25, 0.3) is 0 Å². The first-order valence-electron chi connectivity index (χ1n) is 5.14. The van der Waals surface area contributed by atoms with Crippen LogP contribution in [0.2, 0.25) is 0 Å². The average molecular weight is 179 g/mol. The summed E-state index contributed by atoms with van der Waals surface area (Å²) in [5.74, 6) is 1.58. The normalized spacial score (nSPS) is 27.2. The molecule has 0 aliphatic heterocycles. The van der Waals surface area contributed by atoms with E-state index >= 15 is 0 Å². The van der Waals surface area contributed by atoms with Gasteiger partial charge in [-0.05, 0) is 49.4 Å². The number of hydrogen-bond acceptors (Lipinski definition) is 2. The van der Waals surface area contributed by atoms with Gasteiger partial charge in [0, 0.05) is 0 Å². The van der Waals surface area contributed by atoms with E-state index in [2.05, 4.69) is 18.3 Å². The molecular weight excluding hydrogens is 162 g/mol. The lowest BCUT2D eigenvalue weighted by Gasteiger charge is -2.36. The minimum absolute atomic E-state index is 0.748. The quantitative estimate of drug-likeness (QED) is 0.767. The van der Waals surface area contributed by atoms with Crippen molar-refractivity contribution in [3.05, 3.63) is 24.2 Å². The van der Waals surface area contributed by atoms with Crippen LogP contribution in [0.5, 0.6) is 0 Å². The average Bonchev–Trinajstić information content (AvgIpc) is 2.56. The summed E-state index contributed by atoms with van der Waals surface area (Å²) in [5, 5.41) is 3.41. The molecule has 2 atom stereocenters. The standard InChI is InChI=1S/C11H17NO/c1-2-12-7-9-3-4-11(9)10-5-6-13-8-10/h5-6,8-9,11-12H,2-4,7H2,1H3. The first-order chi connectivity index (χ1) is 6.42. The van der Waals surface area contributed by atoms with Crippen molar-refractivity contribution in [2.45, 2.75) is 25.7 Å². The lowest BCUT2D eigenvalue weighted by molar-refractivity contribution is 0.246. The second-order valence-corrected chi connectivity index (χ2v) is 3.81. The largest absolute Gasteiger partial charge is 0.472 e. The summed E-state index contributed by atoms with van der Waals surface area (Å²) in [4.78, 5) is 0. The van der Waals surface area contributed by atoms with E-state index in [1.54, 1.807) is 6.26 Å². The van der Waals surface area contributed by atoms with Gasteiger partial charge < -0.3 is 9.73 Å². The molecule has 1 fully saturated rings. The van der Waals surface area contributed by atoms with E-state index in [1.807, 2.05) is 6.26 Å². The van der Waals surface area contributed by atoms with Crippen LogP contribution in [0.15, 0.2) is 23.0 Å². The van der Waals surface area contributed by atoms with Crippen LogP contribution in [-0.2, 0) is 0 Å². The first kappa shape index (κ1) is 8.82. The fraction of sp³-hybridized carbons (Fsp3) is 0.636. The van der Waals surface area contributed by atoms with E-state index in [9.17, 15) is 0 Å². The molecule has 0 spiro atoms. The number of rotatable bonds is 4. The molecule has 0 saturated heterocycles. The van der Waals surface area contributed by atoms with Gasteiger partial charge in [-0.2, -0.15) is 0 Å². The topological polar surface area (TPSA) is 25.2 Å². The number of nitrogens with one attached hydrogen (secondary N) is 1. The molecule has 0 bridgehead atoms. The third kappa shape index (κ3) is 1.78. The zero-order chi connectivity index (χ0) is 9.10. The summed E-state index contributed by atoms with van der Waals surface area (Å²) >= 11 is 0. The molecule has 2 nitrogen and oxygen atoms in total. The highest BCUT2D eigenvalue weighted by Crippen LogP contribution is 2.42. The summed E-state index contributed by atoms with van der Waals surface area (Å²) < 4.78 is 5.10. The van der Waals surface area contributed by atoms with Gasteiger partial charge in [-0.15, -0.1) is 0 Å². The van der Waals surface area contributed by atoms with Gasteiger partial charge >= 0.3 is 0 Å². The third-order valence-electron chi connectivity index (χ3n) is 3.05. The zero-order valence-electron chi connectivity index (χ0n) is 8.12. The molecule has 2 unspecified atom stereocenters. The molecule has 0 amide bonds. The van der Waals surface area contributed by atoms with Gasteiger partial charge in [0.2, 0.25) is 0 Å². The van der Waals surface area contributed by atoms with E-state index in [-0.39, 0.29) is 0 Å². The van der Waals surface area contributed by atoms with E-state index in [0.717, 1.165) is 24.9 Å². The van der Waals surface area contributed by atoms with Gasteiger partial charge in [0.1, 0.15) is 0 Å². The molecule has 1 heterocycles. The maximum Gasteiger partial charge on any atom is 0.0937 e. The highest BCUT2D eigenvalue weighted by molar-refractivity contribution is 5.17. The van der Waals surface area contributed by atoms with Crippen LogP contribution >= 0.6 is 0 Å². The van der Waals surface area contributed by atoms with Crippen molar-refractivity contribution in [1.29, 1.82) is 0 Å². The van der Waals surface area contributed by atoms with Crippen molar-refractivity contribution < 1.29 is 4.42 Å². The van der Waals surface area contributed by atoms with Crippen LogP contribution in [0, 0.1) is 5.92 Å². The number of furan rings is 1. The van der Waals surface area contributed by atoms with E-state index in [4.69, 9.17) is 4.42 Å². The molecule has 72 valence electrons. The minimum Gasteiger partial charge on any atom is -0.472 e. The predicted molar refractivity (Wildman–Crippen MR) is 52.7 cm³/mol. The third-order valence-corrected chi connectivity index (χ3v) is 3.05. The highest BCUT2D eigenvalue weighted by Gasteiger charge is 2.31. The Morgan fingerprint density at radius 2 is 2.46 bits per heavy atom. The second-order valence-electron chi connectivity index (χ2n) is 3.81. The van der Waals surface area contributed by atoms with E-state index in [0.29, 0.717) is 0 Å². The lowest BCUT2D eigenvalue weighted by Crippen LogP contribution is -2.33. The Kier molecular flexibility index (Phi) is 2.69. The van der Waals surface area contributed by atoms with Gasteiger partial charge in [0.15, 0.2) is 0 Å². The fourth-order valence-electron chi connectivity index (χ4n) is 2.07. The van der Waals surface area contributed by atoms with Crippen LogP contribution in [0.25, 0.3) is 0 Å². The molecular formula is C11H17NO.